The normalized spacial score (nSPS) is 24.4. The summed E-state index contributed by atoms with van der Waals surface area (Å²) in [6.45, 7) is 0. The molecule has 0 aliphatic carbocycles. The lowest BCUT2D eigenvalue weighted by molar-refractivity contribution is -0.145. The second-order valence-corrected chi connectivity index (χ2v) is 3.07. The summed E-state index contributed by atoms with van der Waals surface area (Å²) in [5, 5.41) is 9.69. The maximum Gasteiger partial charge on any atom is 0.306 e. The fourth-order valence-corrected chi connectivity index (χ4v) is 1.43. The van der Waals surface area contributed by atoms with Crippen LogP contribution in [0.1, 0.15) is 24.5 Å². The van der Waals surface area contributed by atoms with E-state index in [-0.39, 0.29) is 5.97 Å². The van der Waals surface area contributed by atoms with Crippen molar-refractivity contribution in [3.63, 3.8) is 0 Å². The molecular formula is C9H10O4. The van der Waals surface area contributed by atoms with E-state index in [1.807, 2.05) is 0 Å². The van der Waals surface area contributed by atoms with Gasteiger partial charge < -0.3 is 14.3 Å². The highest BCUT2D eigenvalue weighted by Gasteiger charge is 2.31. The minimum atomic E-state index is -0.759. The number of esters is 1. The van der Waals surface area contributed by atoms with E-state index in [0.29, 0.717) is 18.4 Å². The minimum Gasteiger partial charge on any atom is -0.472 e. The van der Waals surface area contributed by atoms with Gasteiger partial charge in [-0.05, 0) is 12.5 Å². The van der Waals surface area contributed by atoms with Crippen LogP contribution in [0, 0.1) is 0 Å². The molecule has 0 radical (unpaired) electrons. The molecule has 0 unspecified atom stereocenters. The van der Waals surface area contributed by atoms with Gasteiger partial charge in [-0.1, -0.05) is 0 Å². The van der Waals surface area contributed by atoms with Crippen LogP contribution in [0.4, 0.5) is 0 Å². The lowest BCUT2D eigenvalue weighted by Gasteiger charge is -2.14. The Morgan fingerprint density at radius 1 is 1.62 bits per heavy atom. The van der Waals surface area contributed by atoms with Gasteiger partial charge in [0.05, 0.1) is 12.5 Å². The molecule has 1 aromatic rings. The first kappa shape index (κ1) is 8.31. The van der Waals surface area contributed by atoms with Crippen LogP contribution in [0.15, 0.2) is 23.0 Å². The number of hydrogen-bond donors (Lipinski definition) is 1. The van der Waals surface area contributed by atoms with Gasteiger partial charge >= 0.3 is 5.97 Å². The fourth-order valence-electron chi connectivity index (χ4n) is 1.43. The maximum absolute atomic E-state index is 10.8. The van der Waals surface area contributed by atoms with E-state index in [1.165, 1.54) is 12.5 Å². The number of aliphatic hydroxyl groups excluding tert-OH is 1. The Kier molecular flexibility index (Phi) is 2.06. The van der Waals surface area contributed by atoms with E-state index >= 15 is 0 Å². The van der Waals surface area contributed by atoms with E-state index < -0.39 is 12.2 Å². The summed E-state index contributed by atoms with van der Waals surface area (Å²) >= 11 is 0. The van der Waals surface area contributed by atoms with Crippen molar-refractivity contribution >= 4 is 5.97 Å². The number of furan rings is 1. The average Bonchev–Trinajstić information content (AvgIpc) is 2.72. The Hall–Kier alpha value is -1.29. The summed E-state index contributed by atoms with van der Waals surface area (Å²) in [4.78, 5) is 10.8. The fraction of sp³-hybridized carbons (Fsp3) is 0.444. The Bertz CT molecular complexity index is 291. The first-order valence-corrected chi connectivity index (χ1v) is 4.17. The second-order valence-electron chi connectivity index (χ2n) is 3.07. The van der Waals surface area contributed by atoms with Gasteiger partial charge in [0.15, 0.2) is 0 Å². The Morgan fingerprint density at radius 3 is 3.00 bits per heavy atom. The van der Waals surface area contributed by atoms with E-state index in [1.54, 1.807) is 6.07 Å². The van der Waals surface area contributed by atoms with Crippen molar-refractivity contribution in [1.82, 2.24) is 0 Å². The molecule has 0 saturated carbocycles. The molecule has 70 valence electrons. The number of carbonyl (C=O) groups is 1. The first-order valence-electron chi connectivity index (χ1n) is 4.17. The molecule has 4 nitrogen and oxygen atoms in total. The molecule has 0 amide bonds. The molecule has 2 rings (SSSR count). The number of rotatable bonds is 2. The average molecular weight is 182 g/mol. The van der Waals surface area contributed by atoms with Crippen LogP contribution in [0.2, 0.25) is 0 Å². The van der Waals surface area contributed by atoms with Crippen molar-refractivity contribution in [2.24, 2.45) is 0 Å². The summed E-state index contributed by atoms with van der Waals surface area (Å²) in [6, 6.07) is 1.66. The molecule has 1 aliphatic heterocycles. The van der Waals surface area contributed by atoms with Crippen LogP contribution < -0.4 is 0 Å². The zero-order valence-corrected chi connectivity index (χ0v) is 6.97. The smallest absolute Gasteiger partial charge is 0.306 e. The maximum atomic E-state index is 10.8. The van der Waals surface area contributed by atoms with Crippen molar-refractivity contribution in [1.29, 1.82) is 0 Å². The van der Waals surface area contributed by atoms with E-state index in [9.17, 15) is 9.90 Å². The minimum absolute atomic E-state index is 0.243. The van der Waals surface area contributed by atoms with Gasteiger partial charge in [-0.3, -0.25) is 4.79 Å². The Labute approximate surface area is 75.1 Å². The van der Waals surface area contributed by atoms with Crippen molar-refractivity contribution in [3.05, 3.63) is 24.2 Å². The Morgan fingerprint density at radius 2 is 2.46 bits per heavy atom. The van der Waals surface area contributed by atoms with Gasteiger partial charge in [0.2, 0.25) is 0 Å². The summed E-state index contributed by atoms with van der Waals surface area (Å²) in [5.41, 5.74) is 0.653. The first-order chi connectivity index (χ1) is 6.27. The second kappa shape index (κ2) is 3.22. The van der Waals surface area contributed by atoms with E-state index in [2.05, 4.69) is 0 Å². The summed E-state index contributed by atoms with van der Waals surface area (Å²) < 4.78 is 9.74. The SMILES string of the molecule is O=C1CC[C@H]([C@H](O)c2ccoc2)O1. The van der Waals surface area contributed by atoms with Gasteiger partial charge in [0.25, 0.3) is 0 Å². The number of cyclic esters (lactones) is 1. The molecule has 2 atom stereocenters. The van der Waals surface area contributed by atoms with Crippen LogP contribution in [-0.2, 0) is 9.53 Å². The number of carbonyl (C=O) groups excluding carboxylic acids is 1. The van der Waals surface area contributed by atoms with Crippen molar-refractivity contribution in [2.75, 3.05) is 0 Å². The predicted octanol–water partition coefficient (Wildman–Crippen LogP) is 1.02. The predicted molar refractivity (Wildman–Crippen MR) is 42.8 cm³/mol. The van der Waals surface area contributed by atoms with E-state index in [4.69, 9.17) is 9.15 Å². The zero-order chi connectivity index (χ0) is 9.26. The third kappa shape index (κ3) is 1.58. The molecule has 13 heavy (non-hydrogen) atoms. The Balaban J connectivity index is 2.05. The van der Waals surface area contributed by atoms with Gasteiger partial charge in [-0.25, -0.2) is 0 Å². The number of aliphatic hydroxyl groups is 1. The van der Waals surface area contributed by atoms with Crippen molar-refractivity contribution in [3.8, 4) is 0 Å². The molecule has 0 spiro atoms. The molecule has 1 N–H and O–H groups in total. The molecule has 0 aromatic carbocycles. The third-order valence-electron chi connectivity index (χ3n) is 2.15. The standard InChI is InChI=1S/C9H10O4/c10-8-2-1-7(13-8)9(11)6-3-4-12-5-6/h3-5,7,9,11H,1-2H2/t7-,9-/m1/s1. The van der Waals surface area contributed by atoms with Gasteiger partial charge in [-0.15, -0.1) is 0 Å². The monoisotopic (exact) mass is 182 g/mol. The molecule has 4 heteroatoms. The zero-order valence-electron chi connectivity index (χ0n) is 6.97. The van der Waals surface area contributed by atoms with Gasteiger partial charge in [-0.2, -0.15) is 0 Å². The van der Waals surface area contributed by atoms with Crippen LogP contribution in [0.3, 0.4) is 0 Å². The van der Waals surface area contributed by atoms with Gasteiger partial charge in [0.1, 0.15) is 12.2 Å². The highest BCUT2D eigenvalue weighted by atomic mass is 16.6. The quantitative estimate of drug-likeness (QED) is 0.693. The highest BCUT2D eigenvalue weighted by molar-refractivity contribution is 5.71. The van der Waals surface area contributed by atoms with Crippen LogP contribution in [0.5, 0.6) is 0 Å². The molecule has 1 aromatic heterocycles. The molecule has 1 aliphatic rings. The largest absolute Gasteiger partial charge is 0.472 e. The molecule has 2 heterocycles. The van der Waals surface area contributed by atoms with Crippen LogP contribution in [0.25, 0.3) is 0 Å². The van der Waals surface area contributed by atoms with Crippen LogP contribution in [-0.4, -0.2) is 17.2 Å². The number of ether oxygens (including phenoxy) is 1. The molecular weight excluding hydrogens is 172 g/mol. The van der Waals surface area contributed by atoms with Crippen LogP contribution >= 0.6 is 0 Å². The third-order valence-corrected chi connectivity index (χ3v) is 2.15. The number of hydrogen-bond acceptors (Lipinski definition) is 4. The van der Waals surface area contributed by atoms with Gasteiger partial charge in [0, 0.05) is 12.0 Å². The summed E-state index contributed by atoms with van der Waals surface area (Å²) in [5.74, 6) is -0.243. The highest BCUT2D eigenvalue weighted by Crippen LogP contribution is 2.27. The molecule has 1 saturated heterocycles. The van der Waals surface area contributed by atoms with Crippen molar-refractivity contribution in [2.45, 2.75) is 25.0 Å². The summed E-state index contributed by atoms with van der Waals surface area (Å²) in [7, 11) is 0. The lowest BCUT2D eigenvalue weighted by atomic mass is 10.1. The summed E-state index contributed by atoms with van der Waals surface area (Å²) in [6.07, 6.45) is 2.73. The lowest BCUT2D eigenvalue weighted by Crippen LogP contribution is -2.17. The molecule has 1 fully saturated rings. The van der Waals surface area contributed by atoms with Crippen molar-refractivity contribution < 1.29 is 19.1 Å². The molecule has 0 bridgehead atoms. The van der Waals surface area contributed by atoms with E-state index in [0.717, 1.165) is 0 Å². The topological polar surface area (TPSA) is 59.7 Å².